The number of benzene rings is 1. The van der Waals surface area contributed by atoms with E-state index in [2.05, 4.69) is 17.8 Å². The average molecular weight is 270 g/mol. The molecule has 2 rings (SSSR count). The van der Waals surface area contributed by atoms with Crippen molar-refractivity contribution in [2.24, 2.45) is 5.73 Å². The first-order valence-electron chi connectivity index (χ1n) is 6.07. The van der Waals surface area contributed by atoms with Gasteiger partial charge < -0.3 is 10.5 Å². The van der Waals surface area contributed by atoms with Crippen LogP contribution in [0.4, 0.5) is 0 Å². The molecular formula is C13H20ClN3O. The molecule has 0 bridgehead atoms. The zero-order valence-electron chi connectivity index (χ0n) is 11.2. The van der Waals surface area contributed by atoms with Gasteiger partial charge in [0.1, 0.15) is 5.75 Å². The van der Waals surface area contributed by atoms with Crippen molar-refractivity contribution in [3.05, 3.63) is 27.8 Å². The molecule has 1 aromatic rings. The molecule has 0 amide bonds. The standard InChI is InChI=1S/C13H20ClN3O/c1-6-5-9(18-4)10(7(2)11(6)14)13-12(15)8(3)16-17-13/h5,8,12-13,16-17H,15H2,1-4H3. The van der Waals surface area contributed by atoms with E-state index in [-0.39, 0.29) is 18.1 Å². The maximum atomic E-state index is 6.33. The number of halogens is 1. The van der Waals surface area contributed by atoms with Crippen molar-refractivity contribution in [1.82, 2.24) is 10.9 Å². The highest BCUT2D eigenvalue weighted by Crippen LogP contribution is 2.37. The van der Waals surface area contributed by atoms with Crippen LogP contribution in [-0.2, 0) is 0 Å². The van der Waals surface area contributed by atoms with E-state index in [0.29, 0.717) is 0 Å². The van der Waals surface area contributed by atoms with Crippen LogP contribution >= 0.6 is 11.6 Å². The fraction of sp³-hybridized carbons (Fsp3) is 0.538. The molecule has 1 fully saturated rings. The van der Waals surface area contributed by atoms with Crippen molar-refractivity contribution < 1.29 is 4.74 Å². The van der Waals surface area contributed by atoms with Gasteiger partial charge in [-0.25, -0.2) is 5.43 Å². The number of hydrazine groups is 1. The molecule has 0 radical (unpaired) electrons. The molecule has 3 unspecified atom stereocenters. The van der Waals surface area contributed by atoms with Gasteiger partial charge in [-0.15, -0.1) is 0 Å². The molecule has 1 heterocycles. The normalized spacial score (nSPS) is 27.6. The molecule has 3 atom stereocenters. The first kappa shape index (κ1) is 13.6. The Morgan fingerprint density at radius 1 is 1.33 bits per heavy atom. The number of methoxy groups -OCH3 is 1. The van der Waals surface area contributed by atoms with Gasteiger partial charge >= 0.3 is 0 Å². The minimum Gasteiger partial charge on any atom is -0.496 e. The lowest BCUT2D eigenvalue weighted by atomic mass is 9.92. The van der Waals surface area contributed by atoms with Gasteiger partial charge in [0.15, 0.2) is 0 Å². The molecule has 0 aliphatic carbocycles. The molecule has 1 aliphatic heterocycles. The summed E-state index contributed by atoms with van der Waals surface area (Å²) in [7, 11) is 1.67. The maximum Gasteiger partial charge on any atom is 0.124 e. The fourth-order valence-electron chi connectivity index (χ4n) is 2.46. The lowest BCUT2D eigenvalue weighted by Crippen LogP contribution is -2.35. The topological polar surface area (TPSA) is 59.3 Å². The summed E-state index contributed by atoms with van der Waals surface area (Å²) >= 11 is 6.33. The molecule has 1 saturated heterocycles. The van der Waals surface area contributed by atoms with Crippen molar-refractivity contribution in [1.29, 1.82) is 0 Å². The third kappa shape index (κ3) is 2.10. The van der Waals surface area contributed by atoms with Gasteiger partial charge in [-0.3, -0.25) is 5.43 Å². The Kier molecular flexibility index (Phi) is 3.82. The number of hydrogen-bond acceptors (Lipinski definition) is 4. The molecule has 1 aromatic carbocycles. The summed E-state index contributed by atoms with van der Waals surface area (Å²) in [6.07, 6.45) is 0. The second-order valence-corrected chi connectivity index (χ2v) is 5.26. The molecule has 1 aliphatic rings. The third-order valence-electron chi connectivity index (χ3n) is 3.65. The highest BCUT2D eigenvalue weighted by atomic mass is 35.5. The van der Waals surface area contributed by atoms with Crippen LogP contribution in [0.2, 0.25) is 5.02 Å². The first-order chi connectivity index (χ1) is 8.47. The molecule has 0 spiro atoms. The summed E-state index contributed by atoms with van der Waals surface area (Å²) in [5.74, 6) is 0.832. The molecule has 4 nitrogen and oxygen atoms in total. The van der Waals surface area contributed by atoms with E-state index in [4.69, 9.17) is 22.1 Å². The Bertz CT molecular complexity index is 464. The van der Waals surface area contributed by atoms with Crippen molar-refractivity contribution in [2.45, 2.75) is 38.9 Å². The SMILES string of the molecule is COc1cc(C)c(Cl)c(C)c1C1NNC(C)C1N. The van der Waals surface area contributed by atoms with Gasteiger partial charge in [-0.2, -0.15) is 0 Å². The van der Waals surface area contributed by atoms with Gasteiger partial charge in [0, 0.05) is 22.7 Å². The molecule has 100 valence electrons. The Hall–Kier alpha value is -0.810. The van der Waals surface area contributed by atoms with E-state index in [9.17, 15) is 0 Å². The zero-order chi connectivity index (χ0) is 13.4. The van der Waals surface area contributed by atoms with Crippen LogP contribution in [0.15, 0.2) is 6.07 Å². The van der Waals surface area contributed by atoms with E-state index in [1.807, 2.05) is 19.9 Å². The third-order valence-corrected chi connectivity index (χ3v) is 4.23. The van der Waals surface area contributed by atoms with Gasteiger partial charge in [0.25, 0.3) is 0 Å². The van der Waals surface area contributed by atoms with E-state index >= 15 is 0 Å². The number of rotatable bonds is 2. The fourth-order valence-corrected chi connectivity index (χ4v) is 2.62. The minimum atomic E-state index is -0.0172. The Morgan fingerprint density at radius 2 is 2.00 bits per heavy atom. The molecule has 5 heteroatoms. The lowest BCUT2D eigenvalue weighted by Gasteiger charge is -2.23. The summed E-state index contributed by atoms with van der Waals surface area (Å²) < 4.78 is 5.48. The highest BCUT2D eigenvalue weighted by Gasteiger charge is 2.34. The smallest absolute Gasteiger partial charge is 0.124 e. The van der Waals surface area contributed by atoms with Crippen molar-refractivity contribution in [3.8, 4) is 5.75 Å². The zero-order valence-corrected chi connectivity index (χ0v) is 11.9. The van der Waals surface area contributed by atoms with Crippen LogP contribution < -0.4 is 21.3 Å². The number of ether oxygens (including phenoxy) is 1. The highest BCUT2D eigenvalue weighted by molar-refractivity contribution is 6.32. The van der Waals surface area contributed by atoms with Crippen LogP contribution in [0.3, 0.4) is 0 Å². The number of hydrogen-bond donors (Lipinski definition) is 3. The largest absolute Gasteiger partial charge is 0.496 e. The van der Waals surface area contributed by atoms with E-state index in [1.54, 1.807) is 7.11 Å². The number of nitrogens with two attached hydrogens (primary N) is 1. The van der Waals surface area contributed by atoms with Crippen LogP contribution in [0, 0.1) is 13.8 Å². The average Bonchev–Trinajstić information content (AvgIpc) is 2.67. The summed E-state index contributed by atoms with van der Waals surface area (Å²) in [6.45, 7) is 6.03. The van der Waals surface area contributed by atoms with Crippen LogP contribution in [-0.4, -0.2) is 19.2 Å². The second-order valence-electron chi connectivity index (χ2n) is 4.88. The van der Waals surface area contributed by atoms with Gasteiger partial charge in [0.05, 0.1) is 13.2 Å². The molecule has 4 N–H and O–H groups in total. The molecule has 18 heavy (non-hydrogen) atoms. The van der Waals surface area contributed by atoms with Crippen LogP contribution in [0.1, 0.15) is 29.7 Å². The monoisotopic (exact) mass is 269 g/mol. The maximum absolute atomic E-state index is 6.33. The van der Waals surface area contributed by atoms with Gasteiger partial charge in [-0.05, 0) is 38.0 Å². The predicted molar refractivity (Wildman–Crippen MR) is 73.9 cm³/mol. The first-order valence-corrected chi connectivity index (χ1v) is 6.45. The Balaban J connectivity index is 2.53. The van der Waals surface area contributed by atoms with E-state index in [1.165, 1.54) is 0 Å². The summed E-state index contributed by atoms with van der Waals surface area (Å²) in [5.41, 5.74) is 15.7. The van der Waals surface area contributed by atoms with Crippen molar-refractivity contribution in [3.63, 3.8) is 0 Å². The lowest BCUT2D eigenvalue weighted by molar-refractivity contribution is 0.397. The van der Waals surface area contributed by atoms with E-state index < -0.39 is 0 Å². The molecule has 0 aromatic heterocycles. The second kappa shape index (κ2) is 5.05. The molecule has 0 saturated carbocycles. The molecular weight excluding hydrogens is 250 g/mol. The van der Waals surface area contributed by atoms with Gasteiger partial charge in [-0.1, -0.05) is 11.6 Å². The van der Waals surface area contributed by atoms with Gasteiger partial charge in [0.2, 0.25) is 0 Å². The van der Waals surface area contributed by atoms with Crippen molar-refractivity contribution in [2.75, 3.05) is 7.11 Å². The summed E-state index contributed by atoms with van der Waals surface area (Å²) in [6, 6.07) is 2.16. The Labute approximate surface area is 113 Å². The summed E-state index contributed by atoms with van der Waals surface area (Å²) in [5, 5.41) is 0.777. The predicted octanol–water partition coefficient (Wildman–Crippen LogP) is 1.83. The quantitative estimate of drug-likeness (QED) is 0.767. The van der Waals surface area contributed by atoms with Crippen LogP contribution in [0.25, 0.3) is 0 Å². The minimum absolute atomic E-state index is 0.00745. The van der Waals surface area contributed by atoms with Crippen molar-refractivity contribution >= 4 is 11.6 Å². The van der Waals surface area contributed by atoms with E-state index in [0.717, 1.165) is 27.5 Å². The summed E-state index contributed by atoms with van der Waals surface area (Å²) in [4.78, 5) is 0. The number of aryl methyl sites for hydroxylation is 1. The number of nitrogens with one attached hydrogen (secondary N) is 2. The van der Waals surface area contributed by atoms with Crippen LogP contribution in [0.5, 0.6) is 5.75 Å². The Morgan fingerprint density at radius 3 is 2.50 bits per heavy atom.